The lowest BCUT2D eigenvalue weighted by molar-refractivity contribution is -0.151. The van der Waals surface area contributed by atoms with E-state index in [0.29, 0.717) is 25.3 Å². The van der Waals surface area contributed by atoms with Gasteiger partial charge in [-0.15, -0.1) is 0 Å². The van der Waals surface area contributed by atoms with Gasteiger partial charge in [-0.2, -0.15) is 0 Å². The van der Waals surface area contributed by atoms with Gasteiger partial charge in [0.25, 0.3) is 0 Å². The van der Waals surface area contributed by atoms with E-state index in [-0.39, 0.29) is 43.3 Å². The zero-order valence-electron chi connectivity index (χ0n) is 23.6. The summed E-state index contributed by atoms with van der Waals surface area (Å²) in [4.78, 5) is 66.7. The average Bonchev–Trinajstić information content (AvgIpc) is 2.86. The van der Waals surface area contributed by atoms with Crippen LogP contribution in [0.25, 0.3) is 0 Å². The van der Waals surface area contributed by atoms with Gasteiger partial charge in [0.05, 0.1) is 25.0 Å². The molecule has 40 heavy (non-hydrogen) atoms. The second-order valence-corrected chi connectivity index (χ2v) is 13.1. The number of rotatable bonds is 7. The Bertz CT molecular complexity index is 918. The number of esters is 1. The fourth-order valence-electron chi connectivity index (χ4n) is 4.12. The SMILES string of the molecule is CC(C)[C@H]1NC(=O)[C@H]2CSSCC/C=C/[C@H](CC(=O)N[C@H](CCC(=O)NCCN(C)C)C(=O)N2)OC(=O)C[C@@H]1O. The molecule has 2 aliphatic heterocycles. The number of nitrogens with one attached hydrogen (secondary N) is 4. The van der Waals surface area contributed by atoms with E-state index in [9.17, 15) is 29.1 Å². The second kappa shape index (κ2) is 17.5. The van der Waals surface area contributed by atoms with Crippen LogP contribution in [-0.2, 0) is 28.7 Å². The van der Waals surface area contributed by atoms with Crippen molar-refractivity contribution in [1.82, 2.24) is 26.2 Å². The summed E-state index contributed by atoms with van der Waals surface area (Å²) in [6.45, 7) is 4.70. The molecule has 2 heterocycles. The van der Waals surface area contributed by atoms with Crippen LogP contribution < -0.4 is 21.3 Å². The molecule has 12 nitrogen and oxygen atoms in total. The van der Waals surface area contributed by atoms with Crippen LogP contribution in [0.5, 0.6) is 0 Å². The highest BCUT2D eigenvalue weighted by Gasteiger charge is 2.33. The summed E-state index contributed by atoms with van der Waals surface area (Å²) in [5.74, 6) is -1.93. The van der Waals surface area contributed by atoms with Crippen LogP contribution in [0, 0.1) is 5.92 Å². The Balaban J connectivity index is 2.35. The molecule has 0 saturated carbocycles. The number of amides is 4. The first-order valence-corrected chi connectivity index (χ1v) is 16.0. The predicted octanol–water partition coefficient (Wildman–Crippen LogP) is -0.0374. The van der Waals surface area contributed by atoms with Crippen LogP contribution in [0.4, 0.5) is 0 Å². The van der Waals surface area contributed by atoms with E-state index in [1.165, 1.54) is 21.6 Å². The van der Waals surface area contributed by atoms with Gasteiger partial charge in [0.15, 0.2) is 0 Å². The number of aliphatic hydroxyl groups is 1. The maximum atomic E-state index is 13.4. The molecule has 0 aromatic heterocycles. The van der Waals surface area contributed by atoms with Crippen molar-refractivity contribution in [2.75, 3.05) is 38.7 Å². The molecule has 0 aromatic rings. The van der Waals surface area contributed by atoms with Crippen molar-refractivity contribution in [3.8, 4) is 0 Å². The van der Waals surface area contributed by atoms with Crippen LogP contribution in [0.1, 0.15) is 46.0 Å². The lowest BCUT2D eigenvalue weighted by Crippen LogP contribution is -2.58. The van der Waals surface area contributed by atoms with Gasteiger partial charge in [-0.05, 0) is 38.9 Å². The van der Waals surface area contributed by atoms with Crippen LogP contribution >= 0.6 is 21.6 Å². The molecule has 14 heteroatoms. The van der Waals surface area contributed by atoms with Crippen molar-refractivity contribution in [2.24, 2.45) is 5.92 Å². The Morgan fingerprint density at radius 1 is 1.12 bits per heavy atom. The van der Waals surface area contributed by atoms with Crippen molar-refractivity contribution in [3.63, 3.8) is 0 Å². The van der Waals surface area contributed by atoms with Crippen LogP contribution in [0.3, 0.4) is 0 Å². The summed E-state index contributed by atoms with van der Waals surface area (Å²) in [7, 11) is 6.72. The van der Waals surface area contributed by atoms with Crippen molar-refractivity contribution in [1.29, 1.82) is 0 Å². The second-order valence-electron chi connectivity index (χ2n) is 10.5. The largest absolute Gasteiger partial charge is 0.457 e. The number of aliphatic hydroxyl groups excluding tert-OH is 1. The zero-order valence-corrected chi connectivity index (χ0v) is 25.3. The summed E-state index contributed by atoms with van der Waals surface area (Å²) >= 11 is 0. The molecule has 2 rings (SSSR count). The highest BCUT2D eigenvalue weighted by molar-refractivity contribution is 8.76. The van der Waals surface area contributed by atoms with Crippen molar-refractivity contribution < 1.29 is 33.8 Å². The Morgan fingerprint density at radius 3 is 2.58 bits per heavy atom. The molecule has 1 fully saturated rings. The molecule has 5 N–H and O–H groups in total. The van der Waals surface area contributed by atoms with E-state index in [1.54, 1.807) is 19.9 Å². The first-order valence-electron chi connectivity index (χ1n) is 13.6. The van der Waals surface area contributed by atoms with Gasteiger partial charge in [0.1, 0.15) is 18.2 Å². The van der Waals surface area contributed by atoms with Gasteiger partial charge >= 0.3 is 5.97 Å². The van der Waals surface area contributed by atoms with Gasteiger partial charge in [-0.25, -0.2) is 0 Å². The Labute approximate surface area is 243 Å². The minimum atomic E-state index is -1.23. The van der Waals surface area contributed by atoms with Gasteiger partial charge in [0, 0.05) is 31.0 Å². The van der Waals surface area contributed by atoms with Crippen molar-refractivity contribution in [3.05, 3.63) is 12.2 Å². The molecule has 0 radical (unpaired) electrons. The Hall–Kier alpha value is -2.29. The van der Waals surface area contributed by atoms with E-state index >= 15 is 0 Å². The molecular weight excluding hydrogens is 558 g/mol. The Kier molecular flexibility index (Phi) is 14.8. The lowest BCUT2D eigenvalue weighted by Gasteiger charge is -2.29. The molecule has 2 aliphatic rings. The summed E-state index contributed by atoms with van der Waals surface area (Å²) in [5, 5.41) is 21.8. The topological polar surface area (TPSA) is 166 Å². The third kappa shape index (κ3) is 12.5. The number of ether oxygens (including phenoxy) is 1. The van der Waals surface area contributed by atoms with Crippen LogP contribution in [-0.4, -0.2) is 109 Å². The standard InChI is InChI=1S/C26H43N5O7S2/c1-16(2)24-20(32)14-23(35)38-17-7-5-6-12-39-40-15-19(26(37)30-24)29-25(36)18(28-22(34)13-17)8-9-21(33)27-10-11-31(3)4/h5,7,16-20,24,32H,6,8-15H2,1-4H3,(H,27,33)(H,28,34)(H,29,36)(H,30,37)/b7-5+/t17-,18-,19-,20+,24-/m1/s1. The summed E-state index contributed by atoms with van der Waals surface area (Å²) in [6.07, 6.45) is 1.33. The maximum Gasteiger partial charge on any atom is 0.309 e. The molecule has 226 valence electrons. The highest BCUT2D eigenvalue weighted by Crippen LogP contribution is 2.24. The van der Waals surface area contributed by atoms with Gasteiger partial charge in [-0.1, -0.05) is 41.5 Å². The smallest absolute Gasteiger partial charge is 0.309 e. The summed E-state index contributed by atoms with van der Waals surface area (Å²) in [6, 6.07) is -2.84. The maximum absolute atomic E-state index is 13.4. The highest BCUT2D eigenvalue weighted by atomic mass is 33.1. The molecule has 4 amide bonds. The third-order valence-electron chi connectivity index (χ3n) is 6.35. The summed E-state index contributed by atoms with van der Waals surface area (Å²) in [5.41, 5.74) is 0. The van der Waals surface area contributed by atoms with Crippen LogP contribution in [0.2, 0.25) is 0 Å². The van der Waals surface area contributed by atoms with Gasteiger partial charge in [0.2, 0.25) is 23.6 Å². The minimum Gasteiger partial charge on any atom is -0.457 e. The minimum absolute atomic E-state index is 0.00916. The fourth-order valence-corrected chi connectivity index (χ4v) is 6.27. The molecule has 2 bridgehead atoms. The molecule has 0 aliphatic carbocycles. The molecule has 5 atom stereocenters. The Morgan fingerprint density at radius 2 is 1.88 bits per heavy atom. The third-order valence-corrected chi connectivity index (χ3v) is 8.80. The van der Waals surface area contributed by atoms with Crippen LogP contribution in [0.15, 0.2) is 12.2 Å². The monoisotopic (exact) mass is 601 g/mol. The van der Waals surface area contributed by atoms with E-state index in [4.69, 9.17) is 4.74 Å². The summed E-state index contributed by atoms with van der Waals surface area (Å²) < 4.78 is 5.52. The molecule has 0 aromatic carbocycles. The van der Waals surface area contributed by atoms with Gasteiger partial charge in [-0.3, -0.25) is 24.0 Å². The predicted molar refractivity (Wildman–Crippen MR) is 155 cm³/mol. The first-order chi connectivity index (χ1) is 19.0. The molecule has 0 spiro atoms. The number of fused-ring (bicyclic) bond motifs is 7. The number of carbonyl (C=O) groups excluding carboxylic acids is 5. The molecule has 0 unspecified atom stereocenters. The average molecular weight is 602 g/mol. The normalized spacial score (nSPS) is 28.3. The lowest BCUT2D eigenvalue weighted by atomic mass is 9.96. The van der Waals surface area contributed by atoms with E-state index < -0.39 is 54.0 Å². The van der Waals surface area contributed by atoms with Gasteiger partial charge < -0.3 is 36.0 Å². The molecule has 1 saturated heterocycles. The zero-order chi connectivity index (χ0) is 29.7. The fraction of sp³-hybridized carbons (Fsp3) is 0.731. The number of allylic oxidation sites excluding steroid dienone is 1. The van der Waals surface area contributed by atoms with E-state index in [2.05, 4.69) is 21.3 Å². The number of carbonyl (C=O) groups is 5. The number of nitrogens with zero attached hydrogens (tertiary/aromatic N) is 1. The quantitative estimate of drug-likeness (QED) is 0.152. The van der Waals surface area contributed by atoms with Crippen molar-refractivity contribution >= 4 is 51.2 Å². The van der Waals surface area contributed by atoms with Crippen molar-refractivity contribution in [2.45, 2.75) is 76.3 Å². The first kappa shape index (κ1) is 33.9. The molecular formula is C26H43N5O7S2. The number of likely N-dealkylation sites (N-methyl/N-ethyl adjacent to an activating group) is 1. The number of hydrogen-bond donors (Lipinski definition) is 5. The number of hydrogen-bond acceptors (Lipinski definition) is 10. The van der Waals surface area contributed by atoms with E-state index in [0.717, 1.165) is 0 Å². The van der Waals surface area contributed by atoms with E-state index in [1.807, 2.05) is 25.1 Å².